The zero-order valence-electron chi connectivity index (χ0n) is 9.78. The molecule has 2 N–H and O–H groups in total. The van der Waals surface area contributed by atoms with Gasteiger partial charge in [-0.05, 0) is 38.2 Å². The molecular formula is C12H22N2O. The average Bonchev–Trinajstić information content (AvgIpc) is 2.72. The molecule has 0 fully saturated rings. The molecule has 1 aromatic rings. The third-order valence-electron chi connectivity index (χ3n) is 2.75. The molecule has 1 aromatic heterocycles. The summed E-state index contributed by atoms with van der Waals surface area (Å²) in [5, 5.41) is 0. The van der Waals surface area contributed by atoms with E-state index in [0.717, 1.165) is 38.2 Å². The lowest BCUT2D eigenvalue weighted by molar-refractivity contribution is 0.288. The first kappa shape index (κ1) is 12.3. The average molecular weight is 210 g/mol. The maximum atomic E-state index is 6.04. The van der Waals surface area contributed by atoms with E-state index in [2.05, 4.69) is 18.7 Å². The molecule has 86 valence electrons. The van der Waals surface area contributed by atoms with Crippen LogP contribution in [0, 0.1) is 0 Å². The van der Waals surface area contributed by atoms with Crippen LogP contribution in [0.5, 0.6) is 0 Å². The fourth-order valence-corrected chi connectivity index (χ4v) is 1.68. The van der Waals surface area contributed by atoms with Crippen LogP contribution in [-0.2, 0) is 6.42 Å². The molecule has 3 heteroatoms. The summed E-state index contributed by atoms with van der Waals surface area (Å²) in [5.41, 5.74) is 6.04. The highest BCUT2D eigenvalue weighted by Crippen LogP contribution is 2.05. The van der Waals surface area contributed by atoms with Gasteiger partial charge in [0.15, 0.2) is 0 Å². The van der Waals surface area contributed by atoms with E-state index < -0.39 is 0 Å². The van der Waals surface area contributed by atoms with Gasteiger partial charge in [0.1, 0.15) is 5.76 Å². The molecule has 1 atom stereocenters. The maximum Gasteiger partial charge on any atom is 0.105 e. The van der Waals surface area contributed by atoms with E-state index in [1.54, 1.807) is 6.26 Å². The molecule has 0 saturated carbocycles. The topological polar surface area (TPSA) is 42.4 Å². The first-order chi connectivity index (χ1) is 7.26. The van der Waals surface area contributed by atoms with E-state index in [-0.39, 0.29) is 6.04 Å². The van der Waals surface area contributed by atoms with Crippen molar-refractivity contribution in [1.82, 2.24) is 4.90 Å². The van der Waals surface area contributed by atoms with Crippen molar-refractivity contribution in [2.24, 2.45) is 5.73 Å². The summed E-state index contributed by atoms with van der Waals surface area (Å²) < 4.78 is 5.27. The van der Waals surface area contributed by atoms with Gasteiger partial charge in [-0.15, -0.1) is 0 Å². The Morgan fingerprint density at radius 1 is 1.40 bits per heavy atom. The Labute approximate surface area is 92.2 Å². The molecule has 1 heterocycles. The van der Waals surface area contributed by atoms with Crippen LogP contribution >= 0.6 is 0 Å². The minimum Gasteiger partial charge on any atom is -0.469 e. The number of furan rings is 1. The Balaban J connectivity index is 2.21. The fraction of sp³-hybridized carbons (Fsp3) is 0.667. The molecular weight excluding hydrogens is 188 g/mol. The Morgan fingerprint density at radius 2 is 2.13 bits per heavy atom. The van der Waals surface area contributed by atoms with E-state index in [4.69, 9.17) is 10.2 Å². The zero-order valence-corrected chi connectivity index (χ0v) is 9.78. The normalized spacial score (nSPS) is 13.3. The molecule has 3 nitrogen and oxygen atoms in total. The molecule has 1 rings (SSSR count). The summed E-state index contributed by atoms with van der Waals surface area (Å²) in [4.78, 5) is 2.39. The van der Waals surface area contributed by atoms with Crippen molar-refractivity contribution in [3.63, 3.8) is 0 Å². The number of nitrogens with two attached hydrogens (primary N) is 1. The van der Waals surface area contributed by atoms with Gasteiger partial charge < -0.3 is 15.1 Å². The van der Waals surface area contributed by atoms with Gasteiger partial charge in [-0.3, -0.25) is 0 Å². The monoisotopic (exact) mass is 210 g/mol. The van der Waals surface area contributed by atoms with E-state index in [9.17, 15) is 0 Å². The summed E-state index contributed by atoms with van der Waals surface area (Å²) in [6.07, 6.45) is 3.57. The van der Waals surface area contributed by atoms with Crippen molar-refractivity contribution in [3.8, 4) is 0 Å². The van der Waals surface area contributed by atoms with Crippen LogP contribution in [0.15, 0.2) is 22.8 Å². The van der Waals surface area contributed by atoms with Gasteiger partial charge in [-0.1, -0.05) is 13.8 Å². The zero-order chi connectivity index (χ0) is 11.1. The quantitative estimate of drug-likeness (QED) is 0.747. The second kappa shape index (κ2) is 6.64. The van der Waals surface area contributed by atoms with E-state index in [0.29, 0.717) is 0 Å². The summed E-state index contributed by atoms with van der Waals surface area (Å²) in [6.45, 7) is 7.64. The third kappa shape index (κ3) is 4.49. The predicted molar refractivity (Wildman–Crippen MR) is 62.8 cm³/mol. The second-order valence-corrected chi connectivity index (χ2v) is 3.86. The van der Waals surface area contributed by atoms with Crippen molar-refractivity contribution in [1.29, 1.82) is 0 Å². The van der Waals surface area contributed by atoms with E-state index in [1.165, 1.54) is 0 Å². The van der Waals surface area contributed by atoms with Crippen molar-refractivity contribution in [3.05, 3.63) is 24.2 Å². The molecule has 0 amide bonds. The van der Waals surface area contributed by atoms with Crippen LogP contribution in [0.2, 0.25) is 0 Å². The Bertz CT molecular complexity index is 242. The lowest BCUT2D eigenvalue weighted by Crippen LogP contribution is -2.31. The van der Waals surface area contributed by atoms with Gasteiger partial charge in [0.05, 0.1) is 6.26 Å². The van der Waals surface area contributed by atoms with Crippen molar-refractivity contribution >= 4 is 0 Å². The number of hydrogen-bond donors (Lipinski definition) is 1. The molecule has 0 saturated heterocycles. The predicted octanol–water partition coefficient (Wildman–Crippen LogP) is 1.88. The van der Waals surface area contributed by atoms with Crippen molar-refractivity contribution < 1.29 is 4.42 Å². The van der Waals surface area contributed by atoms with E-state index in [1.807, 2.05) is 12.1 Å². The summed E-state index contributed by atoms with van der Waals surface area (Å²) in [7, 11) is 0. The number of hydrogen-bond acceptors (Lipinski definition) is 3. The Kier molecular flexibility index (Phi) is 5.43. The first-order valence-corrected chi connectivity index (χ1v) is 5.76. The number of rotatable bonds is 7. The summed E-state index contributed by atoms with van der Waals surface area (Å²) in [5.74, 6) is 0.988. The fourth-order valence-electron chi connectivity index (χ4n) is 1.68. The molecule has 0 aliphatic heterocycles. The highest BCUT2D eigenvalue weighted by Gasteiger charge is 2.07. The molecule has 0 aromatic carbocycles. The van der Waals surface area contributed by atoms with Gasteiger partial charge in [-0.25, -0.2) is 0 Å². The highest BCUT2D eigenvalue weighted by molar-refractivity contribution is 5.00. The maximum absolute atomic E-state index is 6.04. The lowest BCUT2D eigenvalue weighted by Gasteiger charge is -2.20. The second-order valence-electron chi connectivity index (χ2n) is 3.86. The van der Waals surface area contributed by atoms with Crippen LogP contribution < -0.4 is 5.73 Å². The Hall–Kier alpha value is -0.800. The third-order valence-corrected chi connectivity index (χ3v) is 2.75. The van der Waals surface area contributed by atoms with Crippen LogP contribution in [0.3, 0.4) is 0 Å². The molecule has 0 aliphatic carbocycles. The smallest absolute Gasteiger partial charge is 0.105 e. The largest absolute Gasteiger partial charge is 0.469 e. The molecule has 1 unspecified atom stereocenters. The van der Waals surface area contributed by atoms with Gasteiger partial charge in [0, 0.05) is 12.5 Å². The summed E-state index contributed by atoms with van der Waals surface area (Å²) >= 11 is 0. The first-order valence-electron chi connectivity index (χ1n) is 5.76. The summed E-state index contributed by atoms with van der Waals surface area (Å²) in [6, 6.07) is 4.10. The van der Waals surface area contributed by atoms with Crippen molar-refractivity contribution in [2.75, 3.05) is 19.6 Å². The molecule has 0 spiro atoms. The standard InChI is InChI=1S/C12H22N2O/c1-3-14(4-2)8-7-11(13)10-12-6-5-9-15-12/h5-6,9,11H,3-4,7-8,10,13H2,1-2H3. The van der Waals surface area contributed by atoms with Gasteiger partial charge in [0.2, 0.25) is 0 Å². The van der Waals surface area contributed by atoms with Crippen LogP contribution in [-0.4, -0.2) is 30.6 Å². The SMILES string of the molecule is CCN(CC)CCC(N)Cc1ccco1. The Morgan fingerprint density at radius 3 is 2.67 bits per heavy atom. The molecule has 15 heavy (non-hydrogen) atoms. The van der Waals surface area contributed by atoms with Crippen LogP contribution in [0.4, 0.5) is 0 Å². The van der Waals surface area contributed by atoms with Gasteiger partial charge >= 0.3 is 0 Å². The highest BCUT2D eigenvalue weighted by atomic mass is 16.3. The minimum atomic E-state index is 0.205. The molecule has 0 radical (unpaired) electrons. The van der Waals surface area contributed by atoms with Crippen molar-refractivity contribution in [2.45, 2.75) is 32.7 Å². The molecule has 0 bridgehead atoms. The van der Waals surface area contributed by atoms with Crippen LogP contribution in [0.25, 0.3) is 0 Å². The van der Waals surface area contributed by atoms with Gasteiger partial charge in [-0.2, -0.15) is 0 Å². The lowest BCUT2D eigenvalue weighted by atomic mass is 10.1. The number of nitrogens with zero attached hydrogens (tertiary/aromatic N) is 1. The van der Waals surface area contributed by atoms with E-state index >= 15 is 0 Å². The van der Waals surface area contributed by atoms with Crippen LogP contribution in [0.1, 0.15) is 26.0 Å². The minimum absolute atomic E-state index is 0.205. The molecule has 0 aliphatic rings. The van der Waals surface area contributed by atoms with Gasteiger partial charge in [0.25, 0.3) is 0 Å².